The highest BCUT2D eigenvalue weighted by atomic mass is 19.4. The van der Waals surface area contributed by atoms with E-state index >= 15 is 0 Å². The Bertz CT molecular complexity index is 440. The molecule has 98 valence electrons. The van der Waals surface area contributed by atoms with Gasteiger partial charge in [-0.25, -0.2) is 0 Å². The number of allylic oxidation sites excluding steroid dienone is 1. The zero-order valence-corrected chi connectivity index (χ0v) is 9.31. The van der Waals surface area contributed by atoms with Gasteiger partial charge in [0, 0.05) is 6.08 Å². The Morgan fingerprint density at radius 1 is 1.33 bits per heavy atom. The molecule has 1 rings (SSSR count). The molecule has 0 bridgehead atoms. The van der Waals surface area contributed by atoms with Crippen LogP contribution in [-0.4, -0.2) is 17.5 Å². The van der Waals surface area contributed by atoms with Gasteiger partial charge in [0.25, 0.3) is 5.91 Å². The largest absolute Gasteiger partial charge is 0.573 e. The predicted octanol–water partition coefficient (Wildman–Crippen LogP) is 2.88. The maximum absolute atomic E-state index is 11.9. The van der Waals surface area contributed by atoms with Crippen LogP contribution in [0.5, 0.6) is 5.75 Å². The van der Waals surface area contributed by atoms with Crippen molar-refractivity contribution in [3.05, 3.63) is 36.4 Å². The second-order valence-electron chi connectivity index (χ2n) is 3.19. The van der Waals surface area contributed by atoms with E-state index < -0.39 is 18.0 Å². The van der Waals surface area contributed by atoms with Crippen LogP contribution in [0.2, 0.25) is 0 Å². The van der Waals surface area contributed by atoms with Gasteiger partial charge in [0.15, 0.2) is 0 Å². The van der Waals surface area contributed by atoms with Gasteiger partial charge in [-0.3, -0.25) is 10.0 Å². The second-order valence-corrected chi connectivity index (χ2v) is 3.19. The van der Waals surface area contributed by atoms with Crippen molar-refractivity contribution in [1.82, 2.24) is 0 Å². The lowest BCUT2D eigenvalue weighted by Gasteiger charge is -2.14. The highest BCUT2D eigenvalue weighted by Crippen LogP contribution is 2.24. The van der Waals surface area contributed by atoms with Crippen LogP contribution in [-0.2, 0) is 4.79 Å². The number of anilines is 1. The minimum absolute atomic E-state index is 0.0348. The average Bonchev–Trinajstić information content (AvgIpc) is 2.27. The van der Waals surface area contributed by atoms with E-state index in [0.717, 1.165) is 30.3 Å². The monoisotopic (exact) mass is 261 g/mol. The fourth-order valence-corrected chi connectivity index (χ4v) is 1.13. The number of carbonyl (C=O) groups excluding carboxylic acids is 1. The van der Waals surface area contributed by atoms with Crippen molar-refractivity contribution in [2.75, 3.05) is 5.06 Å². The molecule has 18 heavy (non-hydrogen) atoms. The summed E-state index contributed by atoms with van der Waals surface area (Å²) in [5.41, 5.74) is 0.0348. The molecule has 0 radical (unpaired) electrons. The van der Waals surface area contributed by atoms with Crippen LogP contribution in [0.15, 0.2) is 36.4 Å². The maximum atomic E-state index is 11.9. The number of ether oxygens (including phenoxy) is 1. The summed E-state index contributed by atoms with van der Waals surface area (Å²) in [7, 11) is 0. The standard InChI is InChI=1S/C11H10F3NO3/c1-2-3-10(16)15(17)8-4-6-9(7-5-8)18-11(12,13)14/h2-7,17H,1H3. The molecule has 0 spiro atoms. The number of nitrogens with zero attached hydrogens (tertiary/aromatic N) is 1. The summed E-state index contributed by atoms with van der Waals surface area (Å²) >= 11 is 0. The molecule has 7 heteroatoms. The average molecular weight is 261 g/mol. The molecule has 0 saturated carbocycles. The third-order valence-electron chi connectivity index (χ3n) is 1.83. The highest BCUT2D eigenvalue weighted by molar-refractivity contribution is 5.99. The van der Waals surface area contributed by atoms with E-state index in [1.165, 1.54) is 6.08 Å². The number of benzene rings is 1. The smallest absolute Gasteiger partial charge is 0.406 e. The number of hydrogen-bond acceptors (Lipinski definition) is 3. The van der Waals surface area contributed by atoms with Gasteiger partial charge in [0.05, 0.1) is 5.69 Å². The van der Waals surface area contributed by atoms with Gasteiger partial charge in [0.2, 0.25) is 0 Å². The third-order valence-corrected chi connectivity index (χ3v) is 1.83. The zero-order valence-electron chi connectivity index (χ0n) is 9.31. The topological polar surface area (TPSA) is 49.8 Å². The molecule has 0 aliphatic rings. The van der Waals surface area contributed by atoms with Crippen molar-refractivity contribution in [3.8, 4) is 5.75 Å². The van der Waals surface area contributed by atoms with Crippen molar-refractivity contribution in [2.45, 2.75) is 13.3 Å². The first kappa shape index (κ1) is 14.0. The van der Waals surface area contributed by atoms with E-state index in [2.05, 4.69) is 4.74 Å². The van der Waals surface area contributed by atoms with E-state index in [4.69, 9.17) is 0 Å². The molecule has 0 aliphatic heterocycles. The number of hydrogen-bond donors (Lipinski definition) is 1. The first-order chi connectivity index (χ1) is 8.33. The van der Waals surface area contributed by atoms with E-state index in [1.807, 2.05) is 0 Å². The molecule has 1 aromatic carbocycles. The van der Waals surface area contributed by atoms with Gasteiger partial charge < -0.3 is 4.74 Å². The number of halogens is 3. The van der Waals surface area contributed by atoms with Gasteiger partial charge in [-0.05, 0) is 31.2 Å². The van der Waals surface area contributed by atoms with Crippen LogP contribution in [0.3, 0.4) is 0 Å². The summed E-state index contributed by atoms with van der Waals surface area (Å²) < 4.78 is 39.3. The zero-order chi connectivity index (χ0) is 13.8. The van der Waals surface area contributed by atoms with Gasteiger partial charge in [0.1, 0.15) is 5.75 Å². The van der Waals surface area contributed by atoms with Gasteiger partial charge in [-0.15, -0.1) is 13.2 Å². The Kier molecular flexibility index (Phi) is 4.33. The van der Waals surface area contributed by atoms with Crippen molar-refractivity contribution in [1.29, 1.82) is 0 Å². The number of hydroxylamine groups is 1. The predicted molar refractivity (Wildman–Crippen MR) is 57.2 cm³/mol. The van der Waals surface area contributed by atoms with E-state index in [0.29, 0.717) is 5.06 Å². The Hall–Kier alpha value is -2.02. The Labute approximate surface area is 101 Å². The molecule has 1 N–H and O–H groups in total. The molecular weight excluding hydrogens is 251 g/mol. The van der Waals surface area contributed by atoms with Crippen molar-refractivity contribution >= 4 is 11.6 Å². The molecular formula is C11H10F3NO3. The minimum Gasteiger partial charge on any atom is -0.406 e. The molecule has 0 fully saturated rings. The Morgan fingerprint density at radius 3 is 2.33 bits per heavy atom. The normalized spacial score (nSPS) is 11.6. The molecule has 1 aromatic rings. The summed E-state index contributed by atoms with van der Waals surface area (Å²) in [5, 5.41) is 9.73. The fourth-order valence-electron chi connectivity index (χ4n) is 1.13. The van der Waals surface area contributed by atoms with E-state index in [-0.39, 0.29) is 5.69 Å². The van der Waals surface area contributed by atoms with Crippen LogP contribution in [0.25, 0.3) is 0 Å². The van der Waals surface area contributed by atoms with Gasteiger partial charge >= 0.3 is 6.36 Å². The van der Waals surface area contributed by atoms with Crippen LogP contribution in [0.1, 0.15) is 6.92 Å². The number of amides is 1. The molecule has 0 atom stereocenters. The molecule has 0 aromatic heterocycles. The number of rotatable bonds is 3. The van der Waals surface area contributed by atoms with Gasteiger partial charge in [-0.2, -0.15) is 5.06 Å². The van der Waals surface area contributed by atoms with Crippen molar-refractivity contribution in [3.63, 3.8) is 0 Å². The third kappa shape index (κ3) is 4.10. The van der Waals surface area contributed by atoms with Crippen molar-refractivity contribution < 1.29 is 27.9 Å². The maximum Gasteiger partial charge on any atom is 0.573 e. The van der Waals surface area contributed by atoms with Crippen LogP contribution < -0.4 is 9.80 Å². The number of alkyl halides is 3. The SMILES string of the molecule is CC=CC(=O)N(O)c1ccc(OC(F)(F)F)cc1. The molecule has 0 heterocycles. The molecule has 0 aliphatic carbocycles. The summed E-state index contributed by atoms with van der Waals surface area (Å²) in [6.45, 7) is 1.59. The summed E-state index contributed by atoms with van der Waals surface area (Å²) in [4.78, 5) is 11.2. The molecule has 0 saturated heterocycles. The van der Waals surface area contributed by atoms with E-state index in [9.17, 15) is 23.2 Å². The lowest BCUT2D eigenvalue weighted by atomic mass is 10.3. The van der Waals surface area contributed by atoms with Gasteiger partial charge in [-0.1, -0.05) is 6.08 Å². The molecule has 1 amide bonds. The Balaban J connectivity index is 2.80. The summed E-state index contributed by atoms with van der Waals surface area (Å²) in [6.07, 6.45) is -2.24. The minimum atomic E-state index is -4.78. The molecule has 4 nitrogen and oxygen atoms in total. The first-order valence-corrected chi connectivity index (χ1v) is 4.85. The summed E-state index contributed by atoms with van der Waals surface area (Å²) in [6, 6.07) is 4.24. The van der Waals surface area contributed by atoms with Crippen molar-refractivity contribution in [2.24, 2.45) is 0 Å². The second kappa shape index (κ2) is 5.54. The fraction of sp³-hybridized carbons (Fsp3) is 0.182. The first-order valence-electron chi connectivity index (χ1n) is 4.85. The summed E-state index contributed by atoms with van der Waals surface area (Å²) in [5.74, 6) is -1.14. The number of carbonyl (C=O) groups is 1. The highest BCUT2D eigenvalue weighted by Gasteiger charge is 2.31. The quantitative estimate of drug-likeness (QED) is 0.517. The van der Waals surface area contributed by atoms with Crippen LogP contribution in [0.4, 0.5) is 18.9 Å². The lowest BCUT2D eigenvalue weighted by Crippen LogP contribution is -2.24. The molecule has 0 unspecified atom stereocenters. The van der Waals surface area contributed by atoms with E-state index in [1.54, 1.807) is 6.92 Å². The van der Waals surface area contributed by atoms with Crippen LogP contribution >= 0.6 is 0 Å². The lowest BCUT2D eigenvalue weighted by molar-refractivity contribution is -0.274. The van der Waals surface area contributed by atoms with Crippen LogP contribution in [0, 0.1) is 0 Å². The Morgan fingerprint density at radius 2 is 1.89 bits per heavy atom.